The molecule has 30 heavy (non-hydrogen) atoms. The highest BCUT2D eigenvalue weighted by atomic mass is 16.5. The number of carbonyl (C=O) groups is 1. The van der Waals surface area contributed by atoms with Gasteiger partial charge in [0.05, 0.1) is 7.11 Å². The van der Waals surface area contributed by atoms with Crippen molar-refractivity contribution in [3.8, 4) is 17.2 Å². The first kappa shape index (κ1) is 19.5. The van der Waals surface area contributed by atoms with Gasteiger partial charge in [0.1, 0.15) is 23.8 Å². The highest BCUT2D eigenvalue weighted by Gasteiger charge is 2.13. The Morgan fingerprint density at radius 3 is 2.67 bits per heavy atom. The van der Waals surface area contributed by atoms with E-state index in [4.69, 9.17) is 13.9 Å². The van der Waals surface area contributed by atoms with Gasteiger partial charge in [-0.15, -0.1) is 0 Å². The fraction of sp³-hybridized carbons (Fsp3) is 0.120. The minimum absolute atomic E-state index is 0.136. The Morgan fingerprint density at radius 2 is 1.87 bits per heavy atom. The van der Waals surface area contributed by atoms with Gasteiger partial charge in [0, 0.05) is 5.56 Å². The van der Waals surface area contributed by atoms with E-state index in [2.05, 4.69) is 17.1 Å². The maximum atomic E-state index is 11.5. The number of benzene rings is 3. The third kappa shape index (κ3) is 4.25. The predicted molar refractivity (Wildman–Crippen MR) is 116 cm³/mol. The minimum Gasteiger partial charge on any atom is -0.497 e. The number of rotatable bonds is 7. The van der Waals surface area contributed by atoms with Crippen LogP contribution < -0.4 is 4.74 Å². The molecule has 0 unspecified atom stereocenters. The van der Waals surface area contributed by atoms with Crippen LogP contribution in [-0.4, -0.2) is 18.4 Å². The van der Waals surface area contributed by atoms with Crippen molar-refractivity contribution < 1.29 is 18.7 Å². The lowest BCUT2D eigenvalue weighted by molar-refractivity contribution is -0.107. The smallest absolute Gasteiger partial charge is 0.226 e. The molecule has 0 aliphatic heterocycles. The number of fused-ring (bicyclic) bond motifs is 1. The minimum atomic E-state index is 0.136. The number of methoxy groups -OCH3 is 1. The molecule has 0 fully saturated rings. The molecule has 0 aliphatic carbocycles. The van der Waals surface area contributed by atoms with Gasteiger partial charge in [-0.3, -0.25) is 4.79 Å². The molecule has 0 saturated heterocycles. The van der Waals surface area contributed by atoms with Crippen LogP contribution in [0.15, 0.2) is 76.9 Å². The van der Waals surface area contributed by atoms with Gasteiger partial charge in [0.2, 0.25) is 5.89 Å². The fourth-order valence-corrected chi connectivity index (χ4v) is 3.16. The molecule has 0 bridgehead atoms. The van der Waals surface area contributed by atoms with E-state index in [1.807, 2.05) is 61.5 Å². The van der Waals surface area contributed by atoms with Crippen LogP contribution in [0.2, 0.25) is 0 Å². The van der Waals surface area contributed by atoms with Crippen molar-refractivity contribution in [1.29, 1.82) is 0 Å². The Balaban J connectivity index is 1.52. The zero-order chi connectivity index (χ0) is 20.9. The van der Waals surface area contributed by atoms with E-state index in [0.29, 0.717) is 29.4 Å². The Hall–Kier alpha value is -3.86. The van der Waals surface area contributed by atoms with Crippen molar-refractivity contribution >= 4 is 23.1 Å². The normalized spacial score (nSPS) is 11.5. The quantitative estimate of drug-likeness (QED) is 0.231. The summed E-state index contributed by atoms with van der Waals surface area (Å²) in [4.78, 5) is 16.0. The van der Waals surface area contributed by atoms with Crippen molar-refractivity contribution in [2.75, 3.05) is 7.11 Å². The standard InChI is InChI=1S/C25H21NO4/c1-17-24(16-29-23(15-27)13-18-6-5-9-22(12-18)28-2)26-25(30-17)21-11-10-19-7-3-4-8-20(19)14-21/h3-15H,16H2,1-2H3. The summed E-state index contributed by atoms with van der Waals surface area (Å²) in [6, 6.07) is 21.6. The van der Waals surface area contributed by atoms with Gasteiger partial charge in [-0.2, -0.15) is 0 Å². The largest absolute Gasteiger partial charge is 0.497 e. The molecule has 1 heterocycles. The molecule has 0 spiro atoms. The number of ether oxygens (including phenoxy) is 2. The molecule has 1 aromatic heterocycles. The van der Waals surface area contributed by atoms with Crippen LogP contribution in [0.5, 0.6) is 5.75 Å². The second-order valence-electron chi connectivity index (χ2n) is 6.81. The van der Waals surface area contributed by atoms with Gasteiger partial charge >= 0.3 is 0 Å². The van der Waals surface area contributed by atoms with E-state index in [-0.39, 0.29) is 12.4 Å². The molecule has 0 radical (unpaired) electrons. The first-order chi connectivity index (χ1) is 14.7. The Bertz CT molecular complexity index is 1220. The summed E-state index contributed by atoms with van der Waals surface area (Å²) in [6.07, 6.45) is 2.34. The van der Waals surface area contributed by atoms with Crippen LogP contribution in [-0.2, 0) is 16.1 Å². The van der Waals surface area contributed by atoms with E-state index >= 15 is 0 Å². The summed E-state index contributed by atoms with van der Waals surface area (Å²) in [6.45, 7) is 1.97. The lowest BCUT2D eigenvalue weighted by Gasteiger charge is -2.05. The molecule has 150 valence electrons. The molecule has 4 aromatic rings. The summed E-state index contributed by atoms with van der Waals surface area (Å²) in [5.74, 6) is 2.10. The Morgan fingerprint density at radius 1 is 1.03 bits per heavy atom. The lowest BCUT2D eigenvalue weighted by Crippen LogP contribution is -1.97. The van der Waals surface area contributed by atoms with Crippen LogP contribution >= 0.6 is 0 Å². The predicted octanol–water partition coefficient (Wildman–Crippen LogP) is 5.57. The Kier molecular flexibility index (Phi) is 5.61. The van der Waals surface area contributed by atoms with Gasteiger partial charge in [-0.05, 0) is 53.6 Å². The number of hydrogen-bond donors (Lipinski definition) is 0. The summed E-state index contributed by atoms with van der Waals surface area (Å²) >= 11 is 0. The average molecular weight is 399 g/mol. The number of oxazole rings is 1. The average Bonchev–Trinajstić information content (AvgIpc) is 3.16. The van der Waals surface area contributed by atoms with Gasteiger partial charge in [-0.25, -0.2) is 4.98 Å². The highest BCUT2D eigenvalue weighted by Crippen LogP contribution is 2.26. The molecule has 0 N–H and O–H groups in total. The van der Waals surface area contributed by atoms with E-state index in [1.54, 1.807) is 13.2 Å². The second-order valence-corrected chi connectivity index (χ2v) is 6.81. The summed E-state index contributed by atoms with van der Waals surface area (Å²) in [7, 11) is 1.60. The van der Waals surface area contributed by atoms with Crippen molar-refractivity contribution in [2.45, 2.75) is 13.5 Å². The van der Waals surface area contributed by atoms with Crippen LogP contribution in [0, 0.1) is 6.92 Å². The molecule has 3 aromatic carbocycles. The zero-order valence-corrected chi connectivity index (χ0v) is 16.8. The van der Waals surface area contributed by atoms with E-state index < -0.39 is 0 Å². The summed E-state index contributed by atoms with van der Waals surface area (Å²) in [5, 5.41) is 2.28. The number of aryl methyl sites for hydroxylation is 1. The van der Waals surface area contributed by atoms with Crippen LogP contribution in [0.1, 0.15) is 17.0 Å². The molecule has 0 aliphatic rings. The first-order valence-electron chi connectivity index (χ1n) is 9.55. The van der Waals surface area contributed by atoms with Gasteiger partial charge in [-0.1, -0.05) is 42.5 Å². The molecule has 5 nitrogen and oxygen atoms in total. The lowest BCUT2D eigenvalue weighted by atomic mass is 10.1. The van der Waals surface area contributed by atoms with Crippen molar-refractivity contribution in [2.24, 2.45) is 0 Å². The molecule has 0 atom stereocenters. The number of allylic oxidation sites excluding steroid dienone is 1. The zero-order valence-electron chi connectivity index (χ0n) is 16.8. The van der Waals surface area contributed by atoms with Crippen LogP contribution in [0.4, 0.5) is 0 Å². The van der Waals surface area contributed by atoms with Crippen LogP contribution in [0.25, 0.3) is 28.3 Å². The summed E-state index contributed by atoms with van der Waals surface area (Å²) in [5.41, 5.74) is 2.35. The van der Waals surface area contributed by atoms with E-state index in [0.717, 1.165) is 21.9 Å². The van der Waals surface area contributed by atoms with E-state index in [1.165, 1.54) is 0 Å². The maximum Gasteiger partial charge on any atom is 0.226 e. The number of aromatic nitrogens is 1. The Labute approximate surface area is 174 Å². The third-order valence-corrected chi connectivity index (χ3v) is 4.78. The molecule has 4 rings (SSSR count). The first-order valence-corrected chi connectivity index (χ1v) is 9.55. The number of nitrogens with zero attached hydrogens (tertiary/aromatic N) is 1. The highest BCUT2D eigenvalue weighted by molar-refractivity contribution is 5.86. The monoisotopic (exact) mass is 399 g/mol. The topological polar surface area (TPSA) is 61.6 Å². The number of aldehydes is 1. The molecule has 0 amide bonds. The molecule has 0 saturated carbocycles. The molecule has 5 heteroatoms. The van der Waals surface area contributed by atoms with Crippen molar-refractivity contribution in [3.63, 3.8) is 0 Å². The summed E-state index contributed by atoms with van der Waals surface area (Å²) < 4.78 is 16.7. The number of hydrogen-bond acceptors (Lipinski definition) is 5. The van der Waals surface area contributed by atoms with Gasteiger partial charge < -0.3 is 13.9 Å². The van der Waals surface area contributed by atoms with Gasteiger partial charge in [0.25, 0.3) is 0 Å². The van der Waals surface area contributed by atoms with Crippen LogP contribution in [0.3, 0.4) is 0 Å². The van der Waals surface area contributed by atoms with Crippen molar-refractivity contribution in [1.82, 2.24) is 4.98 Å². The molecular formula is C25H21NO4. The SMILES string of the molecule is COc1cccc(C=C(C=O)OCc2nc(-c3ccc4ccccc4c3)oc2C)c1. The van der Waals surface area contributed by atoms with Gasteiger partial charge in [0.15, 0.2) is 12.0 Å². The maximum absolute atomic E-state index is 11.5. The fourth-order valence-electron chi connectivity index (χ4n) is 3.16. The second kappa shape index (κ2) is 8.66. The third-order valence-electron chi connectivity index (χ3n) is 4.78. The van der Waals surface area contributed by atoms with Crippen molar-refractivity contribution in [3.05, 3.63) is 89.5 Å². The number of carbonyl (C=O) groups excluding carboxylic acids is 1. The van der Waals surface area contributed by atoms with E-state index in [9.17, 15) is 4.79 Å². The molecular weight excluding hydrogens is 378 g/mol.